The molecule has 0 rings (SSSR count). The number of rotatable bonds is 7. The third-order valence-corrected chi connectivity index (χ3v) is 3.46. The average Bonchev–Trinajstić information content (AvgIpc) is 2.27. The maximum atomic E-state index is 12.1. The molecule has 0 saturated carbocycles. The van der Waals surface area contributed by atoms with Crippen LogP contribution in [0.5, 0.6) is 0 Å². The van der Waals surface area contributed by atoms with Crippen LogP contribution in [0.3, 0.4) is 0 Å². The average molecular weight is 246 g/mol. The number of methoxy groups -OCH3 is 1. The summed E-state index contributed by atoms with van der Waals surface area (Å²) in [5.74, 6) is -0.103. The fourth-order valence-corrected chi connectivity index (χ4v) is 1.90. The highest BCUT2D eigenvalue weighted by molar-refractivity contribution is 7.80. The van der Waals surface area contributed by atoms with E-state index in [0.29, 0.717) is 19.4 Å². The number of nitrogens with one attached hydrogen (secondary N) is 1. The Balaban J connectivity index is 4.58. The van der Waals surface area contributed by atoms with Crippen molar-refractivity contribution in [2.24, 2.45) is 11.1 Å². The van der Waals surface area contributed by atoms with Crippen LogP contribution < -0.4 is 11.1 Å². The van der Waals surface area contributed by atoms with Crippen LogP contribution in [0.1, 0.15) is 33.6 Å². The number of carbonyl (C=O) groups excluding carboxylic acids is 1. The van der Waals surface area contributed by atoms with E-state index in [0.717, 1.165) is 0 Å². The molecule has 0 aromatic heterocycles. The van der Waals surface area contributed by atoms with Crippen LogP contribution in [-0.4, -0.2) is 30.7 Å². The molecule has 0 saturated heterocycles. The Kier molecular flexibility index (Phi) is 6.52. The Morgan fingerprint density at radius 2 is 2.00 bits per heavy atom. The van der Waals surface area contributed by atoms with E-state index in [1.54, 1.807) is 7.11 Å². The molecule has 0 aromatic rings. The van der Waals surface area contributed by atoms with Gasteiger partial charge in [-0.2, -0.15) is 0 Å². The molecule has 1 unspecified atom stereocenters. The molecule has 0 aromatic carbocycles. The molecule has 0 spiro atoms. The minimum atomic E-state index is -0.719. The lowest BCUT2D eigenvalue weighted by atomic mass is 9.81. The van der Waals surface area contributed by atoms with E-state index in [1.165, 1.54) is 0 Å². The monoisotopic (exact) mass is 246 g/mol. The van der Waals surface area contributed by atoms with Gasteiger partial charge in [-0.05, 0) is 19.8 Å². The lowest BCUT2D eigenvalue weighted by Crippen LogP contribution is -2.49. The summed E-state index contributed by atoms with van der Waals surface area (Å²) >= 11 is 5.00. The second-order valence-corrected chi connectivity index (χ2v) is 4.35. The van der Waals surface area contributed by atoms with Crippen molar-refractivity contribution in [1.29, 1.82) is 0 Å². The third-order valence-electron chi connectivity index (χ3n) is 3.07. The summed E-state index contributed by atoms with van der Waals surface area (Å²) in [7, 11) is 1.61. The van der Waals surface area contributed by atoms with Crippen molar-refractivity contribution in [3.05, 3.63) is 0 Å². The number of hydrogen-bond donors (Lipinski definition) is 2. The van der Waals surface area contributed by atoms with Gasteiger partial charge < -0.3 is 15.8 Å². The normalized spacial score (nSPS) is 13.2. The molecular formula is C11H22N2O2S. The minimum Gasteiger partial charge on any atom is -0.392 e. The lowest BCUT2D eigenvalue weighted by molar-refractivity contribution is -0.128. The Hall–Kier alpha value is -0.680. The van der Waals surface area contributed by atoms with Crippen molar-refractivity contribution in [1.82, 2.24) is 5.32 Å². The highest BCUT2D eigenvalue weighted by atomic mass is 32.1. The maximum Gasteiger partial charge on any atom is 0.233 e. The summed E-state index contributed by atoms with van der Waals surface area (Å²) in [5, 5.41) is 2.83. The number of carbonyl (C=O) groups is 1. The van der Waals surface area contributed by atoms with Crippen LogP contribution in [0.2, 0.25) is 0 Å². The zero-order valence-electron chi connectivity index (χ0n) is 10.5. The third kappa shape index (κ3) is 3.42. The van der Waals surface area contributed by atoms with E-state index in [1.807, 2.05) is 20.8 Å². The van der Waals surface area contributed by atoms with Gasteiger partial charge in [0, 0.05) is 13.7 Å². The van der Waals surface area contributed by atoms with Crippen molar-refractivity contribution >= 4 is 23.1 Å². The largest absolute Gasteiger partial charge is 0.392 e. The molecule has 4 nitrogen and oxygen atoms in total. The topological polar surface area (TPSA) is 64.3 Å². The van der Waals surface area contributed by atoms with Crippen LogP contribution in [-0.2, 0) is 9.53 Å². The van der Waals surface area contributed by atoms with Gasteiger partial charge in [-0.25, -0.2) is 0 Å². The molecular weight excluding hydrogens is 224 g/mol. The Labute approximate surface area is 103 Å². The summed E-state index contributed by atoms with van der Waals surface area (Å²) in [5.41, 5.74) is 4.95. The molecule has 0 heterocycles. The Bertz CT molecular complexity index is 252. The Morgan fingerprint density at radius 1 is 1.50 bits per heavy atom. The molecule has 0 aliphatic carbocycles. The number of nitrogens with two attached hydrogens (primary N) is 1. The van der Waals surface area contributed by atoms with Gasteiger partial charge >= 0.3 is 0 Å². The van der Waals surface area contributed by atoms with Crippen molar-refractivity contribution in [3.8, 4) is 0 Å². The summed E-state index contributed by atoms with van der Waals surface area (Å²) in [6.45, 7) is 6.20. The van der Waals surface area contributed by atoms with E-state index in [9.17, 15) is 4.79 Å². The summed E-state index contributed by atoms with van der Waals surface area (Å²) in [6, 6.07) is 0. The van der Waals surface area contributed by atoms with Crippen LogP contribution in [0.25, 0.3) is 0 Å². The first-order chi connectivity index (χ1) is 7.44. The predicted molar refractivity (Wildman–Crippen MR) is 69.3 cm³/mol. The predicted octanol–water partition coefficient (Wildman–Crippen LogP) is 1.23. The quantitative estimate of drug-likeness (QED) is 0.663. The van der Waals surface area contributed by atoms with E-state index in [-0.39, 0.29) is 17.0 Å². The zero-order valence-corrected chi connectivity index (χ0v) is 11.3. The van der Waals surface area contributed by atoms with E-state index in [2.05, 4.69) is 5.32 Å². The highest BCUT2D eigenvalue weighted by Gasteiger charge is 2.37. The molecule has 1 amide bonds. The van der Waals surface area contributed by atoms with Gasteiger partial charge in [0.2, 0.25) is 5.91 Å². The van der Waals surface area contributed by atoms with Gasteiger partial charge in [0.05, 0.1) is 16.5 Å². The van der Waals surface area contributed by atoms with Gasteiger partial charge in [0.1, 0.15) is 0 Å². The number of amides is 1. The van der Waals surface area contributed by atoms with Crippen molar-refractivity contribution in [3.63, 3.8) is 0 Å². The van der Waals surface area contributed by atoms with Crippen LogP contribution in [0, 0.1) is 5.41 Å². The number of hydrogen-bond acceptors (Lipinski definition) is 3. The van der Waals surface area contributed by atoms with Gasteiger partial charge in [-0.1, -0.05) is 26.1 Å². The molecule has 16 heavy (non-hydrogen) atoms. The molecule has 1 atom stereocenters. The fraction of sp³-hybridized carbons (Fsp3) is 0.818. The second kappa shape index (κ2) is 6.81. The summed E-state index contributed by atoms with van der Waals surface area (Å²) in [6.07, 6.45) is 1.22. The Morgan fingerprint density at radius 3 is 2.31 bits per heavy atom. The zero-order chi connectivity index (χ0) is 12.8. The first-order valence-electron chi connectivity index (χ1n) is 5.55. The minimum absolute atomic E-state index is 0.0123. The van der Waals surface area contributed by atoms with E-state index in [4.69, 9.17) is 22.7 Å². The first kappa shape index (κ1) is 15.3. The smallest absolute Gasteiger partial charge is 0.233 e. The van der Waals surface area contributed by atoms with E-state index >= 15 is 0 Å². The molecule has 0 fully saturated rings. The SMILES string of the molecule is CCC(CC)(C(=O)NCC(C)OC)C(N)=S. The van der Waals surface area contributed by atoms with Crippen molar-refractivity contribution in [2.45, 2.75) is 39.7 Å². The first-order valence-corrected chi connectivity index (χ1v) is 5.96. The molecule has 3 N–H and O–H groups in total. The van der Waals surface area contributed by atoms with Crippen LogP contribution in [0.4, 0.5) is 0 Å². The standard InChI is InChI=1S/C11H22N2O2S/c1-5-11(6-2,9(12)16)10(14)13-7-8(3)15-4/h8H,5-7H2,1-4H3,(H2,12,16)(H,13,14). The molecule has 94 valence electrons. The fourth-order valence-electron chi connectivity index (χ4n) is 1.52. The lowest BCUT2D eigenvalue weighted by Gasteiger charge is -2.29. The summed E-state index contributed by atoms with van der Waals surface area (Å²) < 4.78 is 5.06. The van der Waals surface area contributed by atoms with Crippen molar-refractivity contribution in [2.75, 3.05) is 13.7 Å². The van der Waals surface area contributed by atoms with Crippen LogP contribution >= 0.6 is 12.2 Å². The molecule has 0 aliphatic rings. The maximum absolute atomic E-state index is 12.1. The molecule has 0 bridgehead atoms. The highest BCUT2D eigenvalue weighted by Crippen LogP contribution is 2.27. The van der Waals surface area contributed by atoms with E-state index < -0.39 is 5.41 Å². The molecule has 0 aliphatic heterocycles. The van der Waals surface area contributed by atoms with Crippen LogP contribution in [0.15, 0.2) is 0 Å². The number of ether oxygens (including phenoxy) is 1. The molecule has 0 radical (unpaired) electrons. The van der Waals surface area contributed by atoms with Gasteiger partial charge in [-0.15, -0.1) is 0 Å². The summed E-state index contributed by atoms with van der Waals surface area (Å²) in [4.78, 5) is 12.3. The van der Waals surface area contributed by atoms with Gasteiger partial charge in [0.25, 0.3) is 0 Å². The van der Waals surface area contributed by atoms with Gasteiger partial charge in [-0.3, -0.25) is 4.79 Å². The van der Waals surface area contributed by atoms with Gasteiger partial charge in [0.15, 0.2) is 0 Å². The number of thiocarbonyl (C=S) groups is 1. The molecule has 5 heteroatoms. The van der Waals surface area contributed by atoms with Crippen molar-refractivity contribution < 1.29 is 9.53 Å². The second-order valence-electron chi connectivity index (χ2n) is 3.91.